The molecule has 0 saturated heterocycles. The zero-order valence-electron chi connectivity index (χ0n) is 3.91. The first kappa shape index (κ1) is 3.07. The smallest absolute Gasteiger partial charge is 0.211 e. The third kappa shape index (κ3) is 3.86. The fraction of sp³-hybridized carbons (Fsp3) is 1.00. The van der Waals surface area contributed by atoms with Crippen LogP contribution in [0.25, 0.3) is 0 Å². The molecule has 0 rings (SSSR count). The van der Waals surface area contributed by atoms with E-state index in [-0.39, 0.29) is 0 Å². The minimum absolute atomic E-state index is 1.16. The van der Waals surface area contributed by atoms with Gasteiger partial charge >= 0.3 is 0 Å². The normalized spacial score (nSPS) is 18.8. The number of halogens is 2. The van der Waals surface area contributed by atoms with E-state index in [1.165, 1.54) is 0 Å². The van der Waals surface area contributed by atoms with Gasteiger partial charge in [0.15, 0.2) is 0 Å². The van der Waals surface area contributed by atoms with E-state index in [0.717, 1.165) is 6.92 Å². The molecule has 0 aliphatic carbocycles. The van der Waals surface area contributed by atoms with Crippen LogP contribution in [-0.2, 0) is 0 Å². The van der Waals surface area contributed by atoms with E-state index in [0.29, 0.717) is 0 Å². The van der Waals surface area contributed by atoms with Crippen LogP contribution in [0.3, 0.4) is 0 Å². The Bertz CT molecular complexity index is 29.8. The molecule has 32 valence electrons. The van der Waals surface area contributed by atoms with Crippen LogP contribution in [0.5, 0.6) is 0 Å². The van der Waals surface area contributed by atoms with Gasteiger partial charge in [0, 0.05) is 7.77 Å². The SMILES string of the molecule is [2H]C(C)C(F)F. The molecule has 1 atom stereocenters. The molecular weight excluding hydrogens is 74.0 g/mol. The van der Waals surface area contributed by atoms with E-state index in [1.807, 2.05) is 0 Å². The van der Waals surface area contributed by atoms with E-state index in [1.54, 1.807) is 0 Å². The lowest BCUT2D eigenvalue weighted by Gasteiger charge is -1.81. The molecule has 0 saturated carbocycles. The zero-order chi connectivity index (χ0) is 5.15. The molecule has 2 heteroatoms. The molecule has 0 aromatic heterocycles. The average molecular weight is 81.1 g/mol. The summed E-state index contributed by atoms with van der Waals surface area (Å²) in [5.41, 5.74) is 0. The van der Waals surface area contributed by atoms with Crippen molar-refractivity contribution in [2.24, 2.45) is 0 Å². The summed E-state index contributed by atoms with van der Waals surface area (Å²) in [4.78, 5) is 0. The van der Waals surface area contributed by atoms with Crippen molar-refractivity contribution >= 4 is 0 Å². The second kappa shape index (κ2) is 2.12. The molecule has 1 unspecified atom stereocenters. The van der Waals surface area contributed by atoms with Crippen molar-refractivity contribution in [1.29, 1.82) is 0 Å². The first-order valence-corrected chi connectivity index (χ1v) is 1.35. The number of hydrogen-bond donors (Lipinski definition) is 0. The summed E-state index contributed by atoms with van der Waals surface area (Å²) >= 11 is 0. The Morgan fingerprint density at radius 3 is 2.20 bits per heavy atom. The van der Waals surface area contributed by atoms with Crippen molar-refractivity contribution in [2.45, 2.75) is 19.7 Å². The van der Waals surface area contributed by atoms with E-state index < -0.39 is 12.8 Å². The summed E-state index contributed by atoms with van der Waals surface area (Å²) in [7, 11) is 0. The Morgan fingerprint density at radius 1 is 2.00 bits per heavy atom. The number of rotatable bonds is 1. The van der Waals surface area contributed by atoms with Crippen molar-refractivity contribution in [1.82, 2.24) is 0 Å². The first-order valence-electron chi connectivity index (χ1n) is 1.92. The summed E-state index contributed by atoms with van der Waals surface area (Å²) in [6, 6.07) is 0. The lowest BCUT2D eigenvalue weighted by atomic mass is 10.5. The van der Waals surface area contributed by atoms with E-state index in [9.17, 15) is 8.78 Å². The minimum Gasteiger partial charge on any atom is -0.211 e. The molecule has 0 radical (unpaired) electrons. The van der Waals surface area contributed by atoms with E-state index in [2.05, 4.69) is 0 Å². The van der Waals surface area contributed by atoms with Gasteiger partial charge in [-0.3, -0.25) is 0 Å². The highest BCUT2D eigenvalue weighted by Gasteiger charge is 1.91. The average Bonchev–Trinajstić information content (AvgIpc) is 1.36. The highest BCUT2D eigenvalue weighted by atomic mass is 19.3. The molecule has 0 spiro atoms. The summed E-state index contributed by atoms with van der Waals surface area (Å²) in [6.45, 7) is 1.16. The molecule has 0 fully saturated rings. The predicted octanol–water partition coefficient (Wildman–Crippen LogP) is 1.66. The maximum atomic E-state index is 11.0. The van der Waals surface area contributed by atoms with Crippen LogP contribution in [-0.4, -0.2) is 6.43 Å². The molecule has 0 bridgehead atoms. The summed E-state index contributed by atoms with van der Waals surface area (Å²) in [5, 5.41) is 0. The van der Waals surface area contributed by atoms with Gasteiger partial charge < -0.3 is 0 Å². The number of alkyl halides is 2. The maximum absolute atomic E-state index is 11.0. The molecular formula is C3H6F2. The van der Waals surface area contributed by atoms with Crippen LogP contribution in [0.15, 0.2) is 0 Å². The highest BCUT2D eigenvalue weighted by Crippen LogP contribution is 1.93. The topological polar surface area (TPSA) is 0 Å². The number of hydrogen-bond acceptors (Lipinski definition) is 0. The fourth-order valence-electron chi connectivity index (χ4n) is 0. The Labute approximate surface area is 31.2 Å². The lowest BCUT2D eigenvalue weighted by Crippen LogP contribution is -1.80. The van der Waals surface area contributed by atoms with Gasteiger partial charge in [-0.2, -0.15) is 0 Å². The van der Waals surface area contributed by atoms with Crippen LogP contribution >= 0.6 is 0 Å². The van der Waals surface area contributed by atoms with Crippen LogP contribution in [0.2, 0.25) is 0 Å². The van der Waals surface area contributed by atoms with Crippen molar-refractivity contribution < 1.29 is 10.2 Å². The lowest BCUT2D eigenvalue weighted by molar-refractivity contribution is 0.144. The van der Waals surface area contributed by atoms with Crippen LogP contribution in [0.4, 0.5) is 8.78 Å². The third-order valence-corrected chi connectivity index (χ3v) is 0.252. The summed E-state index contributed by atoms with van der Waals surface area (Å²) in [5.74, 6) is 0. The van der Waals surface area contributed by atoms with Gasteiger partial charge in [0.25, 0.3) is 0 Å². The highest BCUT2D eigenvalue weighted by molar-refractivity contribution is 4.24. The monoisotopic (exact) mass is 81.1 g/mol. The molecule has 0 aliphatic rings. The van der Waals surface area contributed by atoms with Gasteiger partial charge in [-0.05, 0) is 0 Å². The maximum Gasteiger partial charge on any atom is 0.238 e. The molecule has 0 aromatic carbocycles. The Morgan fingerprint density at radius 2 is 2.20 bits per heavy atom. The van der Waals surface area contributed by atoms with Crippen molar-refractivity contribution in [3.63, 3.8) is 0 Å². The predicted molar refractivity (Wildman–Crippen MR) is 16.3 cm³/mol. The minimum atomic E-state index is -2.48. The Hall–Kier alpha value is -0.140. The quantitative estimate of drug-likeness (QED) is 0.450. The second-order valence-electron chi connectivity index (χ2n) is 0.668. The molecule has 5 heavy (non-hydrogen) atoms. The van der Waals surface area contributed by atoms with E-state index >= 15 is 0 Å². The zero-order valence-corrected chi connectivity index (χ0v) is 2.91. The summed E-state index contributed by atoms with van der Waals surface area (Å²) < 4.78 is 28.2. The van der Waals surface area contributed by atoms with Gasteiger partial charge in [-0.15, -0.1) is 0 Å². The second-order valence-corrected chi connectivity index (χ2v) is 0.668. The third-order valence-electron chi connectivity index (χ3n) is 0.252. The molecule has 0 amide bonds. The summed E-state index contributed by atoms with van der Waals surface area (Å²) in [6.07, 6.45) is -3.71. The van der Waals surface area contributed by atoms with Gasteiger partial charge in [-0.25, -0.2) is 8.78 Å². The van der Waals surface area contributed by atoms with Crippen LogP contribution in [0, 0.1) is 0 Å². The Balaban J connectivity index is 2.99. The van der Waals surface area contributed by atoms with Crippen molar-refractivity contribution in [3.05, 3.63) is 0 Å². The molecule has 0 N–H and O–H groups in total. The van der Waals surface area contributed by atoms with Gasteiger partial charge in [0.2, 0.25) is 6.43 Å². The molecule has 0 nitrogen and oxygen atoms in total. The molecule has 0 aromatic rings. The van der Waals surface area contributed by atoms with Gasteiger partial charge in [0.05, 0.1) is 0 Å². The Kier molecular flexibility index (Phi) is 1.30. The first-order chi connectivity index (χ1) is 2.64. The van der Waals surface area contributed by atoms with Crippen molar-refractivity contribution in [2.75, 3.05) is 0 Å². The van der Waals surface area contributed by atoms with Gasteiger partial charge in [-0.1, -0.05) is 6.92 Å². The largest absolute Gasteiger partial charge is 0.238 e. The van der Waals surface area contributed by atoms with Crippen molar-refractivity contribution in [3.8, 4) is 0 Å². The molecule has 0 aliphatic heterocycles. The van der Waals surface area contributed by atoms with Crippen LogP contribution < -0.4 is 0 Å². The molecule has 0 heterocycles. The van der Waals surface area contributed by atoms with Crippen LogP contribution in [0.1, 0.15) is 14.7 Å². The van der Waals surface area contributed by atoms with E-state index in [4.69, 9.17) is 1.37 Å². The standard InChI is InChI=1S/C3H6F2/c1-2-3(4)5/h3H,2H2,1H3/i2D. The fourth-order valence-corrected chi connectivity index (χ4v) is 0. The van der Waals surface area contributed by atoms with Gasteiger partial charge in [0.1, 0.15) is 0 Å².